The number of aliphatic carboxylic acids is 1. The molecule has 16 heteroatoms. The van der Waals surface area contributed by atoms with E-state index in [1.807, 2.05) is 11.8 Å². The number of morpholine rings is 1. The summed E-state index contributed by atoms with van der Waals surface area (Å²) in [5, 5.41) is 10.8. The number of hydrogen-bond acceptors (Lipinski definition) is 8. The average Bonchev–Trinajstić information content (AvgIpc) is 2.91. The molecule has 0 radical (unpaired) electrons. The molecule has 12 nitrogen and oxygen atoms in total. The van der Waals surface area contributed by atoms with Gasteiger partial charge in [0.05, 0.1) is 23.7 Å². The Kier molecular flexibility index (Phi) is 8.91. The molecular weight excluding hydrogens is 583 g/mol. The summed E-state index contributed by atoms with van der Waals surface area (Å²) in [6.45, 7) is 4.58. The molecule has 1 aromatic heterocycles. The van der Waals surface area contributed by atoms with Gasteiger partial charge < -0.3 is 30.8 Å². The van der Waals surface area contributed by atoms with Crippen molar-refractivity contribution in [2.75, 3.05) is 49.6 Å². The van der Waals surface area contributed by atoms with Crippen molar-refractivity contribution in [3.05, 3.63) is 63.9 Å². The van der Waals surface area contributed by atoms with Crippen molar-refractivity contribution in [3.63, 3.8) is 0 Å². The van der Waals surface area contributed by atoms with Gasteiger partial charge in [-0.25, -0.2) is 13.2 Å². The maximum absolute atomic E-state index is 13.5. The van der Waals surface area contributed by atoms with Crippen LogP contribution in [0.5, 0.6) is 0 Å². The highest BCUT2D eigenvalue weighted by molar-refractivity contribution is 7.89. The molecule has 0 aliphatic carbocycles. The van der Waals surface area contributed by atoms with Crippen LogP contribution in [0.25, 0.3) is 10.9 Å². The van der Waals surface area contributed by atoms with Crippen LogP contribution in [0.4, 0.5) is 24.5 Å². The predicted octanol–water partition coefficient (Wildman–Crippen LogP) is 1.89. The maximum atomic E-state index is 13.5. The number of nitrogens with one attached hydrogen (secondary N) is 2. The normalized spacial score (nSPS) is 16.4. The summed E-state index contributed by atoms with van der Waals surface area (Å²) < 4.78 is 64.6. The van der Waals surface area contributed by atoms with Crippen LogP contribution in [0.3, 0.4) is 0 Å². The number of halogens is 3. The maximum Gasteiger partial charge on any atom is 0.490 e. The number of sulfonamides is 1. The number of carbonyl (C=O) groups is 2. The standard InChI is InChI=1S/C24H27N5O5S.C2HF3O2/c1-15-10-23(30)27-21-4-2-17(11-19(15)21)26-24(31)20-12-18(35(32,33)29-13-16(25)14-29)3-5-22(20)28-6-8-34-9-7-28;3-2(4,5)1(6)7/h2-5,10-12,16H,6-9,13-14,25H2,1H3,(H,26,31)(H,27,30);(H,6,7). The Morgan fingerprint density at radius 2 is 1.74 bits per heavy atom. The fraction of sp³-hybridized carbons (Fsp3) is 0.346. The summed E-state index contributed by atoms with van der Waals surface area (Å²) in [5.74, 6) is -3.18. The van der Waals surface area contributed by atoms with Gasteiger partial charge in [0, 0.05) is 60.6 Å². The monoisotopic (exact) mass is 611 g/mol. The molecular formula is C26H28F3N5O7S. The molecule has 3 heterocycles. The highest BCUT2D eigenvalue weighted by Gasteiger charge is 2.38. The number of carboxylic acids is 1. The predicted molar refractivity (Wildman–Crippen MR) is 147 cm³/mol. The van der Waals surface area contributed by atoms with Crippen LogP contribution in [0, 0.1) is 6.92 Å². The fourth-order valence-corrected chi connectivity index (χ4v) is 6.03. The number of alkyl halides is 3. The zero-order valence-corrected chi connectivity index (χ0v) is 23.1. The number of rotatable bonds is 5. The van der Waals surface area contributed by atoms with Crippen molar-refractivity contribution in [1.82, 2.24) is 9.29 Å². The van der Waals surface area contributed by atoms with E-state index in [1.54, 1.807) is 24.3 Å². The minimum absolute atomic E-state index is 0.0542. The zero-order chi connectivity index (χ0) is 30.8. The van der Waals surface area contributed by atoms with E-state index in [1.165, 1.54) is 22.5 Å². The topological polar surface area (TPSA) is 175 Å². The number of pyridine rings is 1. The summed E-state index contributed by atoms with van der Waals surface area (Å²) in [5.41, 5.74) is 8.48. The minimum Gasteiger partial charge on any atom is -0.475 e. The van der Waals surface area contributed by atoms with Crippen molar-refractivity contribution in [3.8, 4) is 0 Å². The van der Waals surface area contributed by atoms with Crippen molar-refractivity contribution in [2.24, 2.45) is 5.73 Å². The molecule has 0 atom stereocenters. The number of amides is 1. The molecule has 0 spiro atoms. The lowest BCUT2D eigenvalue weighted by atomic mass is 10.1. The van der Waals surface area contributed by atoms with Gasteiger partial charge in [0.25, 0.3) is 5.91 Å². The number of ether oxygens (including phenoxy) is 1. The largest absolute Gasteiger partial charge is 0.490 e. The summed E-state index contributed by atoms with van der Waals surface area (Å²) in [7, 11) is -3.75. The Morgan fingerprint density at radius 3 is 2.33 bits per heavy atom. The first-order valence-corrected chi connectivity index (χ1v) is 14.1. The average molecular weight is 612 g/mol. The number of aryl methyl sites for hydroxylation is 1. The number of aromatic amines is 1. The van der Waals surface area contributed by atoms with Crippen LogP contribution >= 0.6 is 0 Å². The van der Waals surface area contributed by atoms with Crippen LogP contribution in [0.15, 0.2) is 52.2 Å². The highest BCUT2D eigenvalue weighted by atomic mass is 32.2. The van der Waals surface area contributed by atoms with Gasteiger partial charge in [-0.2, -0.15) is 17.5 Å². The van der Waals surface area contributed by atoms with Gasteiger partial charge >= 0.3 is 12.1 Å². The van der Waals surface area contributed by atoms with Gasteiger partial charge in [-0.05, 0) is 48.9 Å². The molecule has 0 bridgehead atoms. The van der Waals surface area contributed by atoms with Crippen molar-refractivity contribution >= 4 is 44.2 Å². The minimum atomic E-state index is -5.08. The Balaban J connectivity index is 0.000000517. The molecule has 5 rings (SSSR count). The zero-order valence-electron chi connectivity index (χ0n) is 22.3. The van der Waals surface area contributed by atoms with Crippen LogP contribution in [0.2, 0.25) is 0 Å². The Labute approximate surface area is 237 Å². The van der Waals surface area contributed by atoms with E-state index in [-0.39, 0.29) is 35.1 Å². The summed E-state index contributed by atoms with van der Waals surface area (Å²) in [6, 6.07) is 11.2. The number of fused-ring (bicyclic) bond motifs is 1. The van der Waals surface area contributed by atoms with E-state index in [0.29, 0.717) is 43.2 Å². The molecule has 2 saturated heterocycles. The van der Waals surface area contributed by atoms with Crippen molar-refractivity contribution < 1.29 is 41.0 Å². The van der Waals surface area contributed by atoms with Gasteiger partial charge in [0.2, 0.25) is 15.6 Å². The SMILES string of the molecule is Cc1cc(=O)[nH]c2ccc(NC(=O)c3cc(S(=O)(=O)N4CC(N)C4)ccc3N3CCOCC3)cc12.O=C(O)C(F)(F)F. The number of benzene rings is 2. The lowest BCUT2D eigenvalue weighted by Crippen LogP contribution is -2.57. The quantitative estimate of drug-likeness (QED) is 0.336. The lowest BCUT2D eigenvalue weighted by Gasteiger charge is -2.36. The van der Waals surface area contributed by atoms with Gasteiger partial charge in [0.15, 0.2) is 0 Å². The molecule has 0 unspecified atom stereocenters. The second-order valence-corrected chi connectivity index (χ2v) is 11.6. The molecule has 5 N–H and O–H groups in total. The Bertz CT molecular complexity index is 1660. The number of hydrogen-bond donors (Lipinski definition) is 4. The van der Waals surface area contributed by atoms with Crippen LogP contribution < -0.4 is 21.5 Å². The molecule has 226 valence electrons. The lowest BCUT2D eigenvalue weighted by molar-refractivity contribution is -0.192. The van der Waals surface area contributed by atoms with Gasteiger partial charge in [-0.3, -0.25) is 9.59 Å². The van der Waals surface area contributed by atoms with Crippen molar-refractivity contribution in [1.29, 1.82) is 0 Å². The van der Waals surface area contributed by atoms with E-state index in [2.05, 4.69) is 10.3 Å². The molecule has 2 aliphatic rings. The first kappa shape index (κ1) is 31.0. The molecule has 0 saturated carbocycles. The van der Waals surface area contributed by atoms with Crippen molar-refractivity contribution in [2.45, 2.75) is 24.0 Å². The number of carboxylic acid groups (broad SMARTS) is 1. The van der Waals surface area contributed by atoms with Gasteiger partial charge in [0.1, 0.15) is 0 Å². The van der Waals surface area contributed by atoms with E-state index in [0.717, 1.165) is 10.9 Å². The first-order valence-electron chi connectivity index (χ1n) is 12.6. The van der Waals surface area contributed by atoms with Gasteiger partial charge in [-0.1, -0.05) is 0 Å². The van der Waals surface area contributed by atoms with E-state index in [9.17, 15) is 31.2 Å². The van der Waals surface area contributed by atoms with E-state index < -0.39 is 28.1 Å². The second-order valence-electron chi connectivity index (χ2n) is 9.69. The number of nitrogens with two attached hydrogens (primary N) is 1. The molecule has 1 amide bonds. The Morgan fingerprint density at radius 1 is 1.10 bits per heavy atom. The molecule has 2 aromatic carbocycles. The highest BCUT2D eigenvalue weighted by Crippen LogP contribution is 2.29. The van der Waals surface area contributed by atoms with Crippen LogP contribution in [0.1, 0.15) is 15.9 Å². The molecule has 42 heavy (non-hydrogen) atoms. The smallest absolute Gasteiger partial charge is 0.475 e. The second kappa shape index (κ2) is 12.1. The summed E-state index contributed by atoms with van der Waals surface area (Å²) >= 11 is 0. The third kappa shape index (κ3) is 6.89. The van der Waals surface area contributed by atoms with E-state index >= 15 is 0 Å². The summed E-state index contributed by atoms with van der Waals surface area (Å²) in [6.07, 6.45) is -5.08. The third-order valence-corrected chi connectivity index (χ3v) is 8.46. The Hall–Kier alpha value is -3.99. The molecule has 3 aromatic rings. The number of nitrogens with zero attached hydrogens (tertiary/aromatic N) is 2. The van der Waals surface area contributed by atoms with Crippen LogP contribution in [-0.4, -0.2) is 86.3 Å². The summed E-state index contributed by atoms with van der Waals surface area (Å²) in [4.78, 5) is 39.0. The van der Waals surface area contributed by atoms with Crippen LogP contribution in [-0.2, 0) is 19.6 Å². The molecule has 2 aliphatic heterocycles. The van der Waals surface area contributed by atoms with Gasteiger partial charge in [-0.15, -0.1) is 0 Å². The number of aromatic nitrogens is 1. The number of anilines is 2. The molecule has 2 fully saturated rings. The third-order valence-electron chi connectivity index (χ3n) is 6.63. The van der Waals surface area contributed by atoms with E-state index in [4.69, 9.17) is 20.4 Å². The number of carbonyl (C=O) groups excluding carboxylic acids is 1. The number of H-pyrrole nitrogens is 1. The fourth-order valence-electron chi connectivity index (χ4n) is 4.45. The first-order chi connectivity index (χ1) is 19.7.